The van der Waals surface area contributed by atoms with E-state index in [2.05, 4.69) is 41.4 Å². The molecule has 4 heteroatoms. The van der Waals surface area contributed by atoms with Gasteiger partial charge in [-0.2, -0.15) is 0 Å². The molecule has 0 aliphatic carbocycles. The van der Waals surface area contributed by atoms with Gasteiger partial charge in [-0.25, -0.2) is 0 Å². The first kappa shape index (κ1) is 12.5. The van der Waals surface area contributed by atoms with Crippen LogP contribution in [0.25, 0.3) is 0 Å². The molecule has 1 fully saturated rings. The summed E-state index contributed by atoms with van der Waals surface area (Å²) < 4.78 is 0. The van der Waals surface area contributed by atoms with Gasteiger partial charge in [-0.05, 0) is 25.0 Å². The number of amides is 1. The standard InChI is InChI=1S/C15H21N3O/c1-12-10-13-4-2-3-5-14(13)18(12)11-15(19)17-8-6-16-7-9-17/h2-5,12,16H,6-11H2,1H3. The van der Waals surface area contributed by atoms with Crippen molar-refractivity contribution in [3.05, 3.63) is 29.8 Å². The Hall–Kier alpha value is -1.55. The van der Waals surface area contributed by atoms with Gasteiger partial charge in [0.15, 0.2) is 0 Å². The van der Waals surface area contributed by atoms with Crippen LogP contribution in [0, 0.1) is 0 Å². The SMILES string of the molecule is CC1Cc2ccccc2N1CC(=O)N1CCNCC1. The zero-order valence-electron chi connectivity index (χ0n) is 11.4. The third kappa shape index (κ3) is 2.45. The maximum atomic E-state index is 12.4. The maximum absolute atomic E-state index is 12.4. The summed E-state index contributed by atoms with van der Waals surface area (Å²) >= 11 is 0. The highest BCUT2D eigenvalue weighted by atomic mass is 16.2. The van der Waals surface area contributed by atoms with Crippen LogP contribution in [0.3, 0.4) is 0 Å². The zero-order chi connectivity index (χ0) is 13.2. The Morgan fingerprint density at radius 2 is 2.05 bits per heavy atom. The van der Waals surface area contributed by atoms with Gasteiger partial charge in [0.1, 0.15) is 0 Å². The molecule has 1 N–H and O–H groups in total. The Balaban J connectivity index is 1.71. The Kier molecular flexibility index (Phi) is 3.42. The van der Waals surface area contributed by atoms with Gasteiger partial charge < -0.3 is 15.1 Å². The number of piperazine rings is 1. The quantitative estimate of drug-likeness (QED) is 0.856. The van der Waals surface area contributed by atoms with E-state index >= 15 is 0 Å². The monoisotopic (exact) mass is 259 g/mol. The van der Waals surface area contributed by atoms with Crippen molar-refractivity contribution in [2.75, 3.05) is 37.6 Å². The van der Waals surface area contributed by atoms with Gasteiger partial charge in [0.05, 0.1) is 6.54 Å². The summed E-state index contributed by atoms with van der Waals surface area (Å²) in [4.78, 5) is 16.6. The van der Waals surface area contributed by atoms with E-state index in [0.717, 1.165) is 32.6 Å². The van der Waals surface area contributed by atoms with E-state index in [4.69, 9.17) is 0 Å². The van der Waals surface area contributed by atoms with Gasteiger partial charge in [0, 0.05) is 37.9 Å². The van der Waals surface area contributed by atoms with Crippen LogP contribution in [0.4, 0.5) is 5.69 Å². The van der Waals surface area contributed by atoms with Crippen LogP contribution in [0.5, 0.6) is 0 Å². The minimum atomic E-state index is 0.255. The number of benzene rings is 1. The van der Waals surface area contributed by atoms with Crippen LogP contribution in [0.1, 0.15) is 12.5 Å². The van der Waals surface area contributed by atoms with Gasteiger partial charge in [-0.1, -0.05) is 18.2 Å². The summed E-state index contributed by atoms with van der Waals surface area (Å²) in [5, 5.41) is 3.28. The summed E-state index contributed by atoms with van der Waals surface area (Å²) in [5.74, 6) is 0.255. The van der Waals surface area contributed by atoms with Crippen LogP contribution in [-0.2, 0) is 11.2 Å². The van der Waals surface area contributed by atoms with Crippen molar-refractivity contribution in [2.24, 2.45) is 0 Å². The number of hydrogen-bond donors (Lipinski definition) is 1. The first-order chi connectivity index (χ1) is 9.25. The number of anilines is 1. The van der Waals surface area contributed by atoms with Crippen LogP contribution in [0.15, 0.2) is 24.3 Å². The highest BCUT2D eigenvalue weighted by Crippen LogP contribution is 2.31. The fraction of sp³-hybridized carbons (Fsp3) is 0.533. The highest BCUT2D eigenvalue weighted by Gasteiger charge is 2.28. The number of rotatable bonds is 2. The summed E-state index contributed by atoms with van der Waals surface area (Å²) in [5.41, 5.74) is 2.60. The van der Waals surface area contributed by atoms with E-state index in [9.17, 15) is 4.79 Å². The summed E-state index contributed by atoms with van der Waals surface area (Å²) in [6, 6.07) is 8.85. The normalized spacial score (nSPS) is 22.5. The van der Waals surface area contributed by atoms with Gasteiger partial charge in [0.2, 0.25) is 5.91 Å². The lowest BCUT2D eigenvalue weighted by Crippen LogP contribution is -2.50. The molecule has 1 atom stereocenters. The Labute approximate surface area is 114 Å². The van der Waals surface area contributed by atoms with Crippen LogP contribution in [0.2, 0.25) is 0 Å². The summed E-state index contributed by atoms with van der Waals surface area (Å²) in [6.07, 6.45) is 1.05. The van der Waals surface area contributed by atoms with E-state index in [1.165, 1.54) is 11.3 Å². The Morgan fingerprint density at radius 3 is 2.84 bits per heavy atom. The minimum Gasteiger partial charge on any atom is -0.359 e. The number of nitrogens with one attached hydrogen (secondary N) is 1. The predicted octanol–water partition coefficient (Wildman–Crippen LogP) is 0.869. The number of nitrogens with zero attached hydrogens (tertiary/aromatic N) is 2. The molecule has 19 heavy (non-hydrogen) atoms. The fourth-order valence-electron chi connectivity index (χ4n) is 3.03. The van der Waals surface area contributed by atoms with E-state index in [-0.39, 0.29) is 5.91 Å². The maximum Gasteiger partial charge on any atom is 0.242 e. The number of hydrogen-bond acceptors (Lipinski definition) is 3. The first-order valence-electron chi connectivity index (χ1n) is 7.09. The molecule has 4 nitrogen and oxygen atoms in total. The Bertz CT molecular complexity index is 468. The van der Waals surface area contributed by atoms with Crippen molar-refractivity contribution < 1.29 is 4.79 Å². The molecule has 0 radical (unpaired) electrons. The van der Waals surface area contributed by atoms with E-state index < -0.39 is 0 Å². The van der Waals surface area contributed by atoms with Gasteiger partial charge in [-0.15, -0.1) is 0 Å². The van der Waals surface area contributed by atoms with Crippen molar-refractivity contribution in [3.8, 4) is 0 Å². The molecule has 1 amide bonds. The average Bonchev–Trinajstić information content (AvgIpc) is 2.76. The summed E-state index contributed by atoms with van der Waals surface area (Å²) in [6.45, 7) is 6.21. The fourth-order valence-corrected chi connectivity index (χ4v) is 3.03. The van der Waals surface area contributed by atoms with Gasteiger partial charge in [0.25, 0.3) is 0 Å². The molecule has 1 saturated heterocycles. The highest BCUT2D eigenvalue weighted by molar-refractivity contribution is 5.82. The van der Waals surface area contributed by atoms with Crippen LogP contribution in [-0.4, -0.2) is 49.6 Å². The third-order valence-electron chi connectivity index (χ3n) is 4.12. The molecule has 0 saturated carbocycles. The van der Waals surface area contributed by atoms with E-state index in [1.807, 2.05) is 4.90 Å². The smallest absolute Gasteiger partial charge is 0.242 e. The molecule has 0 aromatic heterocycles. The number of fused-ring (bicyclic) bond motifs is 1. The molecule has 102 valence electrons. The molecule has 1 unspecified atom stereocenters. The molecule has 1 aromatic rings. The molecule has 1 aromatic carbocycles. The average molecular weight is 259 g/mol. The van der Waals surface area contributed by atoms with Crippen molar-refractivity contribution in [1.29, 1.82) is 0 Å². The molecular weight excluding hydrogens is 238 g/mol. The predicted molar refractivity (Wildman–Crippen MR) is 76.4 cm³/mol. The molecule has 3 rings (SSSR count). The van der Waals surface area contributed by atoms with E-state index in [0.29, 0.717) is 12.6 Å². The molecule has 2 heterocycles. The molecule has 0 bridgehead atoms. The third-order valence-corrected chi connectivity index (χ3v) is 4.12. The van der Waals surface area contributed by atoms with Crippen molar-refractivity contribution >= 4 is 11.6 Å². The molecule has 2 aliphatic rings. The number of para-hydroxylation sites is 1. The van der Waals surface area contributed by atoms with E-state index in [1.54, 1.807) is 0 Å². The van der Waals surface area contributed by atoms with Gasteiger partial charge in [-0.3, -0.25) is 4.79 Å². The first-order valence-corrected chi connectivity index (χ1v) is 7.09. The second-order valence-corrected chi connectivity index (χ2v) is 5.44. The van der Waals surface area contributed by atoms with Crippen LogP contribution < -0.4 is 10.2 Å². The summed E-state index contributed by atoms with van der Waals surface area (Å²) in [7, 11) is 0. The number of carbonyl (C=O) groups is 1. The van der Waals surface area contributed by atoms with Crippen molar-refractivity contribution in [1.82, 2.24) is 10.2 Å². The zero-order valence-corrected chi connectivity index (χ0v) is 11.4. The second-order valence-electron chi connectivity index (χ2n) is 5.44. The van der Waals surface area contributed by atoms with Crippen molar-refractivity contribution in [2.45, 2.75) is 19.4 Å². The van der Waals surface area contributed by atoms with Crippen molar-refractivity contribution in [3.63, 3.8) is 0 Å². The lowest BCUT2D eigenvalue weighted by atomic mass is 10.1. The minimum absolute atomic E-state index is 0.255. The van der Waals surface area contributed by atoms with Gasteiger partial charge >= 0.3 is 0 Å². The molecule has 0 spiro atoms. The molecule has 2 aliphatic heterocycles. The number of carbonyl (C=O) groups excluding carboxylic acids is 1. The lowest BCUT2D eigenvalue weighted by Gasteiger charge is -2.31. The largest absolute Gasteiger partial charge is 0.359 e. The topological polar surface area (TPSA) is 35.6 Å². The molecular formula is C15H21N3O. The lowest BCUT2D eigenvalue weighted by molar-refractivity contribution is -0.130. The van der Waals surface area contributed by atoms with Crippen LogP contribution >= 0.6 is 0 Å². The second kappa shape index (κ2) is 5.21. The Morgan fingerprint density at radius 1 is 1.32 bits per heavy atom.